The fourth-order valence-corrected chi connectivity index (χ4v) is 2.61. The van der Waals surface area contributed by atoms with Crippen molar-refractivity contribution in [1.82, 2.24) is 16.0 Å². The van der Waals surface area contributed by atoms with Gasteiger partial charge in [0.15, 0.2) is 5.96 Å². The second-order valence-electron chi connectivity index (χ2n) is 6.41. The van der Waals surface area contributed by atoms with E-state index in [4.69, 9.17) is 0 Å². The molecule has 0 bridgehead atoms. The number of carbonyl (C=O) groups is 1. The van der Waals surface area contributed by atoms with Crippen molar-refractivity contribution in [2.45, 2.75) is 45.3 Å². The summed E-state index contributed by atoms with van der Waals surface area (Å²) in [5.41, 5.74) is 0. The van der Waals surface area contributed by atoms with Gasteiger partial charge in [-0.25, -0.2) is 0 Å². The third-order valence-electron chi connectivity index (χ3n) is 3.24. The summed E-state index contributed by atoms with van der Waals surface area (Å²) < 4.78 is 11.8. The molecule has 0 aromatic heterocycles. The SMILES string of the molecule is CCNC(=NCCS(=O)C(C)(C)C)NCCNC(=O)C1CC1. The Kier molecular flexibility index (Phi) is 7.85. The maximum Gasteiger partial charge on any atom is 0.223 e. The average molecular weight is 330 g/mol. The molecule has 6 nitrogen and oxygen atoms in total. The van der Waals surface area contributed by atoms with Crippen LogP contribution in [0.25, 0.3) is 0 Å². The molecule has 1 aliphatic rings. The lowest BCUT2D eigenvalue weighted by molar-refractivity contribution is -0.122. The Hall–Kier alpha value is -1.11. The monoisotopic (exact) mass is 330 g/mol. The second kappa shape index (κ2) is 9.12. The van der Waals surface area contributed by atoms with Crippen LogP contribution in [0.4, 0.5) is 0 Å². The van der Waals surface area contributed by atoms with Gasteiger partial charge in [0, 0.05) is 46.9 Å². The zero-order valence-corrected chi connectivity index (χ0v) is 15.0. The van der Waals surface area contributed by atoms with Crippen LogP contribution in [-0.2, 0) is 15.6 Å². The second-order valence-corrected chi connectivity index (χ2v) is 8.74. The number of carbonyl (C=O) groups excluding carboxylic acids is 1. The highest BCUT2D eigenvalue weighted by Gasteiger charge is 2.28. The minimum Gasteiger partial charge on any atom is -0.357 e. The third kappa shape index (κ3) is 7.77. The van der Waals surface area contributed by atoms with E-state index < -0.39 is 10.8 Å². The first-order valence-electron chi connectivity index (χ1n) is 8.03. The lowest BCUT2D eigenvalue weighted by atomic mass is 10.3. The number of hydrogen-bond acceptors (Lipinski definition) is 3. The maximum atomic E-state index is 12.0. The molecule has 3 N–H and O–H groups in total. The van der Waals surface area contributed by atoms with Crippen molar-refractivity contribution in [2.75, 3.05) is 31.9 Å². The van der Waals surface area contributed by atoms with Gasteiger partial charge in [-0.1, -0.05) is 0 Å². The van der Waals surface area contributed by atoms with E-state index in [1.54, 1.807) is 0 Å². The van der Waals surface area contributed by atoms with E-state index in [2.05, 4.69) is 20.9 Å². The summed E-state index contributed by atoms with van der Waals surface area (Å²) in [5, 5.41) is 9.22. The number of hydrogen-bond donors (Lipinski definition) is 3. The first kappa shape index (κ1) is 18.9. The minimum atomic E-state index is -0.889. The van der Waals surface area contributed by atoms with E-state index >= 15 is 0 Å². The Labute approximate surface area is 136 Å². The van der Waals surface area contributed by atoms with Crippen molar-refractivity contribution in [3.63, 3.8) is 0 Å². The molecular formula is C15H30N4O2S. The van der Waals surface area contributed by atoms with Crippen LogP contribution in [0.15, 0.2) is 4.99 Å². The van der Waals surface area contributed by atoms with Crippen molar-refractivity contribution in [3.8, 4) is 0 Å². The Morgan fingerprint density at radius 1 is 1.18 bits per heavy atom. The van der Waals surface area contributed by atoms with Crippen LogP contribution in [0.2, 0.25) is 0 Å². The van der Waals surface area contributed by atoms with E-state index in [0.29, 0.717) is 31.3 Å². The summed E-state index contributed by atoms with van der Waals surface area (Å²) >= 11 is 0. The van der Waals surface area contributed by atoms with E-state index in [1.165, 1.54) is 0 Å². The van der Waals surface area contributed by atoms with Gasteiger partial charge in [0.25, 0.3) is 0 Å². The average Bonchev–Trinajstić information content (AvgIpc) is 3.26. The number of amides is 1. The maximum absolute atomic E-state index is 12.0. The molecule has 22 heavy (non-hydrogen) atoms. The van der Waals surface area contributed by atoms with Crippen LogP contribution < -0.4 is 16.0 Å². The van der Waals surface area contributed by atoms with Crippen LogP contribution in [0, 0.1) is 5.92 Å². The molecule has 1 saturated carbocycles. The van der Waals surface area contributed by atoms with Gasteiger partial charge < -0.3 is 16.0 Å². The summed E-state index contributed by atoms with van der Waals surface area (Å²) in [5.74, 6) is 1.66. The summed E-state index contributed by atoms with van der Waals surface area (Å²) in [6, 6.07) is 0. The lowest BCUT2D eigenvalue weighted by Gasteiger charge is -2.17. The predicted molar refractivity (Wildman–Crippen MR) is 92.5 cm³/mol. The Bertz CT molecular complexity index is 414. The topological polar surface area (TPSA) is 82.6 Å². The summed E-state index contributed by atoms with van der Waals surface area (Å²) in [6.07, 6.45) is 2.04. The number of nitrogens with zero attached hydrogens (tertiary/aromatic N) is 1. The lowest BCUT2D eigenvalue weighted by Crippen LogP contribution is -2.42. The fraction of sp³-hybridized carbons (Fsp3) is 0.867. The molecule has 0 aromatic carbocycles. The molecule has 1 rings (SSSR count). The first-order valence-corrected chi connectivity index (χ1v) is 9.35. The highest BCUT2D eigenvalue weighted by molar-refractivity contribution is 7.86. The van der Waals surface area contributed by atoms with Crippen LogP contribution >= 0.6 is 0 Å². The van der Waals surface area contributed by atoms with Crippen molar-refractivity contribution in [3.05, 3.63) is 0 Å². The van der Waals surface area contributed by atoms with Crippen molar-refractivity contribution >= 4 is 22.7 Å². The van der Waals surface area contributed by atoms with Crippen LogP contribution in [0.1, 0.15) is 40.5 Å². The summed E-state index contributed by atoms with van der Waals surface area (Å²) in [4.78, 5) is 15.9. The highest BCUT2D eigenvalue weighted by atomic mass is 32.2. The number of guanidine groups is 1. The molecule has 0 saturated heterocycles. The molecule has 0 aromatic rings. The summed E-state index contributed by atoms with van der Waals surface area (Å²) in [6.45, 7) is 10.4. The molecule has 1 atom stereocenters. The Morgan fingerprint density at radius 2 is 1.82 bits per heavy atom. The standard InChI is InChI=1S/C15H30N4O2S/c1-5-16-14(19-10-11-22(21)15(2,3)4)18-9-8-17-13(20)12-6-7-12/h12H,5-11H2,1-4H3,(H,17,20)(H2,16,18,19). The zero-order valence-electron chi connectivity index (χ0n) is 14.2. The third-order valence-corrected chi connectivity index (χ3v) is 5.16. The predicted octanol–water partition coefficient (Wildman–Crippen LogP) is 0.615. The fourth-order valence-electron chi connectivity index (χ4n) is 1.74. The van der Waals surface area contributed by atoms with Crippen LogP contribution in [0.5, 0.6) is 0 Å². The molecule has 1 unspecified atom stereocenters. The molecule has 1 fully saturated rings. The molecule has 0 spiro atoms. The van der Waals surface area contributed by atoms with Gasteiger partial charge in [-0.05, 0) is 40.5 Å². The Balaban J connectivity index is 2.25. The van der Waals surface area contributed by atoms with E-state index in [-0.39, 0.29) is 16.6 Å². The molecule has 1 amide bonds. The summed E-state index contributed by atoms with van der Waals surface area (Å²) in [7, 11) is -0.889. The molecule has 1 aliphatic carbocycles. The van der Waals surface area contributed by atoms with E-state index in [9.17, 15) is 9.00 Å². The first-order chi connectivity index (χ1) is 10.3. The molecule has 0 radical (unpaired) electrons. The smallest absolute Gasteiger partial charge is 0.223 e. The van der Waals surface area contributed by atoms with Gasteiger partial charge in [-0.2, -0.15) is 0 Å². The zero-order chi connectivity index (χ0) is 16.6. The Morgan fingerprint density at radius 3 is 2.36 bits per heavy atom. The van der Waals surface area contributed by atoms with Gasteiger partial charge in [0.1, 0.15) is 0 Å². The van der Waals surface area contributed by atoms with Crippen molar-refractivity contribution < 1.29 is 9.00 Å². The van der Waals surface area contributed by atoms with Gasteiger partial charge in [0.2, 0.25) is 5.91 Å². The van der Waals surface area contributed by atoms with Crippen LogP contribution in [0.3, 0.4) is 0 Å². The molecule has 7 heteroatoms. The van der Waals surface area contributed by atoms with E-state index in [1.807, 2.05) is 27.7 Å². The quantitative estimate of drug-likeness (QED) is 0.346. The van der Waals surface area contributed by atoms with Crippen LogP contribution in [-0.4, -0.2) is 52.8 Å². The molecular weight excluding hydrogens is 300 g/mol. The molecule has 0 aliphatic heterocycles. The normalized spacial score (nSPS) is 17.0. The largest absolute Gasteiger partial charge is 0.357 e. The van der Waals surface area contributed by atoms with Gasteiger partial charge >= 0.3 is 0 Å². The minimum absolute atomic E-state index is 0.157. The highest BCUT2D eigenvalue weighted by Crippen LogP contribution is 2.28. The van der Waals surface area contributed by atoms with Gasteiger partial charge in [0.05, 0.1) is 6.54 Å². The van der Waals surface area contributed by atoms with Crippen molar-refractivity contribution in [1.29, 1.82) is 0 Å². The number of aliphatic imine (C=N–C) groups is 1. The van der Waals surface area contributed by atoms with E-state index in [0.717, 1.165) is 19.4 Å². The van der Waals surface area contributed by atoms with Gasteiger partial charge in [-0.15, -0.1) is 0 Å². The van der Waals surface area contributed by atoms with Crippen molar-refractivity contribution in [2.24, 2.45) is 10.9 Å². The number of rotatable bonds is 8. The molecule has 0 heterocycles. The molecule has 128 valence electrons. The van der Waals surface area contributed by atoms with Gasteiger partial charge in [-0.3, -0.25) is 14.0 Å². The number of nitrogens with one attached hydrogen (secondary N) is 3.